The van der Waals surface area contributed by atoms with Gasteiger partial charge in [0, 0.05) is 19.0 Å². The Hall–Kier alpha value is -0.860. The molecule has 0 radical (unpaired) electrons. The molecule has 0 spiro atoms. The van der Waals surface area contributed by atoms with E-state index in [0.29, 0.717) is 5.92 Å². The minimum absolute atomic E-state index is 0.511. The fourth-order valence-corrected chi connectivity index (χ4v) is 1.84. The summed E-state index contributed by atoms with van der Waals surface area (Å²) in [4.78, 5) is 0. The zero-order valence-corrected chi connectivity index (χ0v) is 8.62. The number of hydrogen-bond acceptors (Lipinski definition) is 2. The Morgan fingerprint density at radius 2 is 2.36 bits per heavy atom. The minimum atomic E-state index is 0.511. The van der Waals surface area contributed by atoms with Crippen molar-refractivity contribution < 1.29 is 4.74 Å². The molecule has 0 amide bonds. The van der Waals surface area contributed by atoms with Crippen LogP contribution in [0.5, 0.6) is 0 Å². The zero-order chi connectivity index (χ0) is 9.80. The summed E-state index contributed by atoms with van der Waals surface area (Å²) in [5, 5.41) is 3.39. The monoisotopic (exact) mass is 191 g/mol. The number of nitrogens with one attached hydrogen (secondary N) is 1. The number of aryl methyl sites for hydroxylation is 1. The van der Waals surface area contributed by atoms with Gasteiger partial charge in [-0.25, -0.2) is 0 Å². The minimum Gasteiger partial charge on any atom is -0.379 e. The molecule has 1 aliphatic heterocycles. The van der Waals surface area contributed by atoms with Crippen LogP contribution in [0.3, 0.4) is 0 Å². The Morgan fingerprint density at radius 3 is 3.21 bits per heavy atom. The van der Waals surface area contributed by atoms with Gasteiger partial charge in [0.05, 0.1) is 13.2 Å². The van der Waals surface area contributed by atoms with Gasteiger partial charge in [-0.3, -0.25) is 0 Å². The van der Waals surface area contributed by atoms with E-state index in [1.165, 1.54) is 11.1 Å². The summed E-state index contributed by atoms with van der Waals surface area (Å²) >= 11 is 0. The first-order chi connectivity index (χ1) is 6.86. The Morgan fingerprint density at radius 1 is 1.43 bits per heavy atom. The van der Waals surface area contributed by atoms with E-state index < -0.39 is 0 Å². The number of hydrogen-bond donors (Lipinski definition) is 1. The molecule has 0 bridgehead atoms. The van der Waals surface area contributed by atoms with Crippen molar-refractivity contribution in [1.29, 1.82) is 0 Å². The van der Waals surface area contributed by atoms with Crippen molar-refractivity contribution >= 4 is 0 Å². The van der Waals surface area contributed by atoms with Crippen molar-refractivity contribution in [1.82, 2.24) is 5.32 Å². The van der Waals surface area contributed by atoms with Crippen LogP contribution in [-0.4, -0.2) is 26.3 Å². The second-order valence-electron chi connectivity index (χ2n) is 3.89. The molecule has 1 heterocycles. The molecule has 0 aliphatic carbocycles. The van der Waals surface area contributed by atoms with Gasteiger partial charge in [0.25, 0.3) is 0 Å². The van der Waals surface area contributed by atoms with Crippen LogP contribution in [-0.2, 0) is 4.74 Å². The molecule has 1 aromatic carbocycles. The van der Waals surface area contributed by atoms with Crippen LogP contribution in [0.2, 0.25) is 0 Å². The molecule has 2 nitrogen and oxygen atoms in total. The van der Waals surface area contributed by atoms with Gasteiger partial charge in [0.2, 0.25) is 0 Å². The Kier molecular flexibility index (Phi) is 3.17. The van der Waals surface area contributed by atoms with Gasteiger partial charge < -0.3 is 10.1 Å². The largest absolute Gasteiger partial charge is 0.379 e. The first kappa shape index (κ1) is 9.69. The normalized spacial score (nSPS) is 23.1. The first-order valence-electron chi connectivity index (χ1n) is 5.21. The molecule has 0 saturated carbocycles. The highest BCUT2D eigenvalue weighted by Gasteiger charge is 2.13. The molecule has 1 atom stereocenters. The first-order valence-corrected chi connectivity index (χ1v) is 5.21. The van der Waals surface area contributed by atoms with Crippen molar-refractivity contribution in [3.05, 3.63) is 35.4 Å². The zero-order valence-electron chi connectivity index (χ0n) is 8.62. The van der Waals surface area contributed by atoms with E-state index >= 15 is 0 Å². The molecule has 1 saturated heterocycles. The molecule has 1 fully saturated rings. The number of benzene rings is 1. The Labute approximate surface area is 85.3 Å². The van der Waals surface area contributed by atoms with E-state index in [1.54, 1.807) is 0 Å². The van der Waals surface area contributed by atoms with Gasteiger partial charge in [-0.15, -0.1) is 0 Å². The van der Waals surface area contributed by atoms with Crippen LogP contribution in [0.1, 0.15) is 17.0 Å². The van der Waals surface area contributed by atoms with Crippen LogP contribution in [0.4, 0.5) is 0 Å². The van der Waals surface area contributed by atoms with Gasteiger partial charge in [-0.05, 0) is 12.5 Å². The second kappa shape index (κ2) is 4.58. The fourth-order valence-electron chi connectivity index (χ4n) is 1.84. The third-order valence-electron chi connectivity index (χ3n) is 2.65. The molecule has 2 heteroatoms. The SMILES string of the molecule is Cc1cccc(C2CNCCOC2)c1. The van der Waals surface area contributed by atoms with Gasteiger partial charge in [0.15, 0.2) is 0 Å². The summed E-state index contributed by atoms with van der Waals surface area (Å²) < 4.78 is 5.54. The van der Waals surface area contributed by atoms with Crippen molar-refractivity contribution in [3.63, 3.8) is 0 Å². The van der Waals surface area contributed by atoms with Gasteiger partial charge >= 0.3 is 0 Å². The van der Waals surface area contributed by atoms with E-state index in [1.807, 2.05) is 0 Å². The molecule has 14 heavy (non-hydrogen) atoms. The highest BCUT2D eigenvalue weighted by molar-refractivity contribution is 5.26. The second-order valence-corrected chi connectivity index (χ2v) is 3.89. The summed E-state index contributed by atoms with van der Waals surface area (Å²) in [7, 11) is 0. The molecule has 76 valence electrons. The molecular formula is C12H17NO. The fraction of sp³-hybridized carbons (Fsp3) is 0.500. The van der Waals surface area contributed by atoms with Crippen LogP contribution < -0.4 is 5.32 Å². The average molecular weight is 191 g/mol. The summed E-state index contributed by atoms with van der Waals surface area (Å²) in [5.41, 5.74) is 2.71. The lowest BCUT2D eigenvalue weighted by molar-refractivity contribution is 0.141. The Bertz CT molecular complexity index is 290. The summed E-state index contributed by atoms with van der Waals surface area (Å²) in [6.45, 7) is 5.82. The highest BCUT2D eigenvalue weighted by atomic mass is 16.5. The van der Waals surface area contributed by atoms with Crippen LogP contribution in [0, 0.1) is 6.92 Å². The predicted molar refractivity (Wildman–Crippen MR) is 57.6 cm³/mol. The van der Waals surface area contributed by atoms with Crippen LogP contribution in [0.15, 0.2) is 24.3 Å². The predicted octanol–water partition coefficient (Wildman–Crippen LogP) is 1.70. The van der Waals surface area contributed by atoms with Crippen molar-refractivity contribution in [2.75, 3.05) is 26.3 Å². The molecule has 1 aromatic rings. The van der Waals surface area contributed by atoms with Gasteiger partial charge in [0.1, 0.15) is 0 Å². The lowest BCUT2D eigenvalue weighted by Crippen LogP contribution is -2.21. The number of ether oxygens (including phenoxy) is 1. The van der Waals surface area contributed by atoms with E-state index in [9.17, 15) is 0 Å². The maximum atomic E-state index is 5.54. The van der Waals surface area contributed by atoms with E-state index in [4.69, 9.17) is 4.74 Å². The maximum Gasteiger partial charge on any atom is 0.0591 e. The lowest BCUT2D eigenvalue weighted by Gasteiger charge is -2.14. The van der Waals surface area contributed by atoms with Gasteiger partial charge in [-0.2, -0.15) is 0 Å². The average Bonchev–Trinajstić information content (AvgIpc) is 2.45. The molecule has 1 N–H and O–H groups in total. The summed E-state index contributed by atoms with van der Waals surface area (Å²) in [6, 6.07) is 8.69. The van der Waals surface area contributed by atoms with E-state index in [-0.39, 0.29) is 0 Å². The highest BCUT2D eigenvalue weighted by Crippen LogP contribution is 2.17. The van der Waals surface area contributed by atoms with Crippen molar-refractivity contribution in [2.45, 2.75) is 12.8 Å². The molecular weight excluding hydrogens is 174 g/mol. The quantitative estimate of drug-likeness (QED) is 0.729. The molecule has 0 aromatic heterocycles. The van der Waals surface area contributed by atoms with E-state index in [2.05, 4.69) is 36.5 Å². The van der Waals surface area contributed by atoms with Crippen LogP contribution in [0.25, 0.3) is 0 Å². The van der Waals surface area contributed by atoms with Gasteiger partial charge in [-0.1, -0.05) is 29.8 Å². The lowest BCUT2D eigenvalue weighted by atomic mass is 9.98. The topological polar surface area (TPSA) is 21.3 Å². The number of rotatable bonds is 1. The molecule has 1 aliphatic rings. The summed E-state index contributed by atoms with van der Waals surface area (Å²) in [6.07, 6.45) is 0. The van der Waals surface area contributed by atoms with Crippen molar-refractivity contribution in [2.24, 2.45) is 0 Å². The standard InChI is InChI=1S/C12H17NO/c1-10-3-2-4-11(7-10)12-8-13-5-6-14-9-12/h2-4,7,12-13H,5-6,8-9H2,1H3. The van der Waals surface area contributed by atoms with E-state index in [0.717, 1.165) is 26.3 Å². The summed E-state index contributed by atoms with van der Waals surface area (Å²) in [5.74, 6) is 0.511. The van der Waals surface area contributed by atoms with Crippen LogP contribution >= 0.6 is 0 Å². The van der Waals surface area contributed by atoms with Crippen molar-refractivity contribution in [3.8, 4) is 0 Å². The molecule has 2 rings (SSSR count). The third kappa shape index (κ3) is 2.34. The molecule has 1 unspecified atom stereocenters. The smallest absolute Gasteiger partial charge is 0.0591 e. The Balaban J connectivity index is 2.12. The maximum absolute atomic E-state index is 5.54. The third-order valence-corrected chi connectivity index (χ3v) is 2.65.